The Morgan fingerprint density at radius 1 is 1.38 bits per heavy atom. The van der Waals surface area contributed by atoms with Gasteiger partial charge in [0.05, 0.1) is 16.1 Å². The van der Waals surface area contributed by atoms with Crippen molar-refractivity contribution in [3.8, 4) is 0 Å². The Morgan fingerprint density at radius 2 is 2.19 bits per heavy atom. The summed E-state index contributed by atoms with van der Waals surface area (Å²) >= 11 is 11.8. The van der Waals surface area contributed by atoms with Crippen molar-refractivity contribution in [3.05, 3.63) is 33.8 Å². The first kappa shape index (κ1) is 12.2. The highest BCUT2D eigenvalue weighted by Crippen LogP contribution is 2.28. The molecule has 0 aromatic heterocycles. The van der Waals surface area contributed by atoms with E-state index in [4.69, 9.17) is 33.7 Å². The molecule has 0 spiro atoms. The van der Waals surface area contributed by atoms with Gasteiger partial charge in [-0.2, -0.15) is 0 Å². The highest BCUT2D eigenvalue weighted by molar-refractivity contribution is 6.42. The molecule has 88 valence electrons. The summed E-state index contributed by atoms with van der Waals surface area (Å²) in [6, 6.07) is 5.52. The number of hydrogen-bond acceptors (Lipinski definition) is 2. The zero-order valence-electron chi connectivity index (χ0n) is 8.96. The van der Waals surface area contributed by atoms with Gasteiger partial charge in [0.1, 0.15) is 0 Å². The first-order valence-electron chi connectivity index (χ1n) is 5.49. The molecule has 1 saturated heterocycles. The van der Waals surface area contributed by atoms with E-state index in [1.165, 1.54) is 0 Å². The molecule has 2 unspecified atom stereocenters. The predicted molar refractivity (Wildman–Crippen MR) is 67.0 cm³/mol. The number of hydrogen-bond donors (Lipinski definition) is 1. The monoisotopic (exact) mass is 259 g/mol. The average molecular weight is 260 g/mol. The fourth-order valence-electron chi connectivity index (χ4n) is 1.99. The molecule has 16 heavy (non-hydrogen) atoms. The summed E-state index contributed by atoms with van der Waals surface area (Å²) in [7, 11) is 0. The Balaban J connectivity index is 2.02. The van der Waals surface area contributed by atoms with Crippen molar-refractivity contribution in [1.29, 1.82) is 0 Å². The minimum absolute atomic E-state index is 0.0298. The van der Waals surface area contributed by atoms with E-state index in [-0.39, 0.29) is 6.04 Å². The van der Waals surface area contributed by atoms with E-state index in [2.05, 4.69) is 0 Å². The maximum atomic E-state index is 6.11. The largest absolute Gasteiger partial charge is 0.378 e. The Kier molecular flexibility index (Phi) is 4.09. The second kappa shape index (κ2) is 5.37. The molecular formula is C12H15Cl2NO. The van der Waals surface area contributed by atoms with Crippen molar-refractivity contribution in [2.75, 3.05) is 6.61 Å². The topological polar surface area (TPSA) is 35.2 Å². The molecule has 1 fully saturated rings. The lowest BCUT2D eigenvalue weighted by atomic mass is 10.0. The van der Waals surface area contributed by atoms with Gasteiger partial charge in [-0.3, -0.25) is 0 Å². The molecule has 2 N–H and O–H groups in total. The van der Waals surface area contributed by atoms with Gasteiger partial charge in [0.2, 0.25) is 0 Å². The lowest BCUT2D eigenvalue weighted by Crippen LogP contribution is -2.18. The molecule has 4 heteroatoms. The van der Waals surface area contributed by atoms with Gasteiger partial charge in [0.15, 0.2) is 0 Å². The van der Waals surface area contributed by atoms with Crippen LogP contribution in [-0.2, 0) is 4.74 Å². The van der Waals surface area contributed by atoms with E-state index in [1.54, 1.807) is 6.07 Å². The Bertz CT molecular complexity index is 364. The molecule has 2 rings (SSSR count). The summed E-state index contributed by atoms with van der Waals surface area (Å²) in [5, 5.41) is 1.12. The van der Waals surface area contributed by atoms with Crippen molar-refractivity contribution in [2.45, 2.75) is 31.4 Å². The quantitative estimate of drug-likeness (QED) is 0.901. The Hall–Kier alpha value is -0.280. The number of rotatable bonds is 3. The summed E-state index contributed by atoms with van der Waals surface area (Å²) in [5.74, 6) is 0. The molecule has 1 heterocycles. The Labute approximate surface area is 106 Å². The van der Waals surface area contributed by atoms with Crippen LogP contribution in [0.25, 0.3) is 0 Å². The second-order valence-electron chi connectivity index (χ2n) is 4.15. The molecule has 2 atom stereocenters. The second-order valence-corrected chi connectivity index (χ2v) is 4.97. The molecule has 1 aromatic rings. The molecule has 0 saturated carbocycles. The van der Waals surface area contributed by atoms with Crippen LogP contribution in [0, 0.1) is 0 Å². The van der Waals surface area contributed by atoms with E-state index < -0.39 is 0 Å². The van der Waals surface area contributed by atoms with Crippen molar-refractivity contribution < 1.29 is 4.74 Å². The summed E-state index contributed by atoms with van der Waals surface area (Å²) in [4.78, 5) is 0. The van der Waals surface area contributed by atoms with Gasteiger partial charge in [-0.05, 0) is 37.0 Å². The first-order valence-corrected chi connectivity index (χ1v) is 6.24. The fraction of sp³-hybridized carbons (Fsp3) is 0.500. The van der Waals surface area contributed by atoms with Crippen LogP contribution in [0.1, 0.15) is 30.9 Å². The van der Waals surface area contributed by atoms with Crippen LogP contribution < -0.4 is 5.73 Å². The van der Waals surface area contributed by atoms with Crippen molar-refractivity contribution in [1.82, 2.24) is 0 Å². The highest BCUT2D eigenvalue weighted by atomic mass is 35.5. The number of halogens is 2. The zero-order valence-corrected chi connectivity index (χ0v) is 10.5. The maximum Gasteiger partial charge on any atom is 0.0595 e. The van der Waals surface area contributed by atoms with E-state index in [1.807, 2.05) is 12.1 Å². The van der Waals surface area contributed by atoms with Crippen LogP contribution in [-0.4, -0.2) is 12.7 Å². The molecule has 0 bridgehead atoms. The van der Waals surface area contributed by atoms with Crippen LogP contribution in [0.3, 0.4) is 0 Å². The van der Waals surface area contributed by atoms with Crippen LogP contribution in [0.2, 0.25) is 10.0 Å². The zero-order chi connectivity index (χ0) is 11.5. The molecule has 0 radical (unpaired) electrons. The minimum atomic E-state index is -0.0298. The molecule has 2 nitrogen and oxygen atoms in total. The molecule has 1 aliphatic rings. The van der Waals surface area contributed by atoms with Crippen molar-refractivity contribution in [2.24, 2.45) is 5.73 Å². The molecule has 0 amide bonds. The Morgan fingerprint density at radius 3 is 2.81 bits per heavy atom. The van der Waals surface area contributed by atoms with Crippen LogP contribution in [0.4, 0.5) is 0 Å². The lowest BCUT2D eigenvalue weighted by Gasteiger charge is -2.16. The first-order chi connectivity index (χ1) is 7.66. The third-order valence-corrected chi connectivity index (χ3v) is 3.65. The molecule has 1 aliphatic heterocycles. The van der Waals surface area contributed by atoms with E-state index >= 15 is 0 Å². The third-order valence-electron chi connectivity index (χ3n) is 2.91. The van der Waals surface area contributed by atoms with Gasteiger partial charge in [-0.1, -0.05) is 29.3 Å². The van der Waals surface area contributed by atoms with Gasteiger partial charge < -0.3 is 10.5 Å². The molecule has 1 aromatic carbocycles. The van der Waals surface area contributed by atoms with Crippen LogP contribution >= 0.6 is 23.2 Å². The van der Waals surface area contributed by atoms with Gasteiger partial charge in [0, 0.05) is 12.6 Å². The minimum Gasteiger partial charge on any atom is -0.378 e. The van der Waals surface area contributed by atoms with E-state index in [0.29, 0.717) is 16.1 Å². The summed E-state index contributed by atoms with van der Waals surface area (Å²) < 4.78 is 5.56. The summed E-state index contributed by atoms with van der Waals surface area (Å²) in [5.41, 5.74) is 7.13. The fourth-order valence-corrected chi connectivity index (χ4v) is 2.30. The van der Waals surface area contributed by atoms with E-state index in [9.17, 15) is 0 Å². The predicted octanol–water partition coefficient (Wildman–Crippen LogP) is 3.56. The molecule has 0 aliphatic carbocycles. The summed E-state index contributed by atoms with van der Waals surface area (Å²) in [6.45, 7) is 0.860. The van der Waals surface area contributed by atoms with Gasteiger partial charge in [-0.15, -0.1) is 0 Å². The van der Waals surface area contributed by atoms with Crippen LogP contribution in [0.15, 0.2) is 18.2 Å². The smallest absolute Gasteiger partial charge is 0.0595 e. The highest BCUT2D eigenvalue weighted by Gasteiger charge is 2.19. The maximum absolute atomic E-state index is 6.11. The van der Waals surface area contributed by atoms with Gasteiger partial charge in [-0.25, -0.2) is 0 Å². The SMILES string of the molecule is NC(CC1CCCO1)c1ccc(Cl)c(Cl)c1. The van der Waals surface area contributed by atoms with Crippen molar-refractivity contribution in [3.63, 3.8) is 0 Å². The summed E-state index contributed by atoms with van der Waals surface area (Å²) in [6.07, 6.45) is 3.38. The van der Waals surface area contributed by atoms with Crippen LogP contribution in [0.5, 0.6) is 0 Å². The average Bonchev–Trinajstić information content (AvgIpc) is 2.74. The lowest BCUT2D eigenvalue weighted by molar-refractivity contribution is 0.0983. The van der Waals surface area contributed by atoms with Gasteiger partial charge in [0.25, 0.3) is 0 Å². The van der Waals surface area contributed by atoms with E-state index in [0.717, 1.165) is 31.4 Å². The van der Waals surface area contributed by atoms with Gasteiger partial charge >= 0.3 is 0 Å². The number of benzene rings is 1. The van der Waals surface area contributed by atoms with Crippen molar-refractivity contribution >= 4 is 23.2 Å². The third kappa shape index (κ3) is 2.89. The number of ether oxygens (including phenoxy) is 1. The standard InChI is InChI=1S/C12H15Cl2NO/c13-10-4-3-8(6-11(10)14)12(15)7-9-2-1-5-16-9/h3-4,6,9,12H,1-2,5,7,15H2. The molecular weight excluding hydrogens is 245 g/mol. The normalized spacial score (nSPS) is 22.3. The number of nitrogens with two attached hydrogens (primary N) is 1.